The summed E-state index contributed by atoms with van der Waals surface area (Å²) in [5.74, 6) is -0.313. The second-order valence-electron chi connectivity index (χ2n) is 4.85. The average molecular weight is 273 g/mol. The van der Waals surface area contributed by atoms with E-state index in [1.165, 1.54) is 0 Å². The molecule has 1 amide bonds. The molecule has 5 nitrogen and oxygen atoms in total. The van der Waals surface area contributed by atoms with E-state index in [1.54, 1.807) is 24.3 Å². The van der Waals surface area contributed by atoms with Crippen LogP contribution in [0.1, 0.15) is 18.9 Å². The lowest BCUT2D eigenvalue weighted by Crippen LogP contribution is -2.41. The number of amides is 1. The Hall–Kier alpha value is -1.90. The molecule has 1 saturated heterocycles. The van der Waals surface area contributed by atoms with Gasteiger partial charge in [0.1, 0.15) is 6.07 Å². The molecule has 0 saturated carbocycles. The number of carbonyl (C=O) groups is 1. The smallest absolute Gasteiger partial charge is 0.231 e. The van der Waals surface area contributed by atoms with Crippen molar-refractivity contribution in [3.05, 3.63) is 29.8 Å². The molecule has 1 aliphatic rings. The van der Waals surface area contributed by atoms with E-state index >= 15 is 0 Å². The lowest BCUT2D eigenvalue weighted by Gasteiger charge is -2.18. The molecule has 0 radical (unpaired) electrons. The van der Waals surface area contributed by atoms with Crippen LogP contribution in [0.3, 0.4) is 0 Å². The van der Waals surface area contributed by atoms with Gasteiger partial charge in [-0.15, -0.1) is 0 Å². The highest BCUT2D eigenvalue weighted by Crippen LogP contribution is 2.19. The normalized spacial score (nSPS) is 21.4. The fourth-order valence-corrected chi connectivity index (χ4v) is 2.26. The van der Waals surface area contributed by atoms with Crippen molar-refractivity contribution in [2.45, 2.75) is 19.4 Å². The fraction of sp³-hybridized carbons (Fsp3) is 0.467. The molecule has 106 valence electrons. The van der Waals surface area contributed by atoms with Crippen molar-refractivity contribution in [1.29, 1.82) is 5.26 Å². The van der Waals surface area contributed by atoms with Crippen LogP contribution in [0, 0.1) is 17.2 Å². The number of nitriles is 1. The third kappa shape index (κ3) is 3.35. The van der Waals surface area contributed by atoms with Crippen LogP contribution >= 0.6 is 0 Å². The first-order valence-corrected chi connectivity index (χ1v) is 6.87. The number of anilines is 1. The predicted octanol–water partition coefficient (Wildman–Crippen LogP) is 1.51. The summed E-state index contributed by atoms with van der Waals surface area (Å²) in [6.45, 7) is 3.92. The van der Waals surface area contributed by atoms with Crippen molar-refractivity contribution >= 4 is 11.6 Å². The van der Waals surface area contributed by atoms with Gasteiger partial charge in [0, 0.05) is 6.04 Å². The molecule has 0 spiro atoms. The number of para-hydroxylation sites is 1. The number of nitrogens with zero attached hydrogens (tertiary/aromatic N) is 1. The second-order valence-corrected chi connectivity index (χ2v) is 4.85. The topological polar surface area (TPSA) is 74.2 Å². The molecule has 2 atom stereocenters. The first kappa shape index (κ1) is 14.5. The molecular weight excluding hydrogens is 254 g/mol. The zero-order chi connectivity index (χ0) is 14.4. The van der Waals surface area contributed by atoms with Gasteiger partial charge in [-0.3, -0.25) is 4.79 Å². The quantitative estimate of drug-likeness (QED) is 0.853. The number of ether oxygens (including phenoxy) is 1. The van der Waals surface area contributed by atoms with Gasteiger partial charge in [-0.2, -0.15) is 5.26 Å². The monoisotopic (exact) mass is 273 g/mol. The third-order valence-electron chi connectivity index (χ3n) is 3.38. The van der Waals surface area contributed by atoms with Gasteiger partial charge in [0.05, 0.1) is 30.4 Å². The molecule has 1 aliphatic heterocycles. The molecule has 5 heteroatoms. The van der Waals surface area contributed by atoms with Crippen molar-refractivity contribution in [2.75, 3.05) is 25.1 Å². The van der Waals surface area contributed by atoms with E-state index < -0.39 is 0 Å². The summed E-state index contributed by atoms with van der Waals surface area (Å²) in [6.07, 6.45) is 1.02. The van der Waals surface area contributed by atoms with Crippen molar-refractivity contribution in [2.24, 2.45) is 5.92 Å². The van der Waals surface area contributed by atoms with E-state index in [2.05, 4.69) is 23.6 Å². The summed E-state index contributed by atoms with van der Waals surface area (Å²) in [5, 5.41) is 15.2. The molecule has 20 heavy (non-hydrogen) atoms. The zero-order valence-electron chi connectivity index (χ0n) is 11.6. The van der Waals surface area contributed by atoms with Crippen LogP contribution in [0.15, 0.2) is 24.3 Å². The van der Waals surface area contributed by atoms with Gasteiger partial charge in [-0.25, -0.2) is 0 Å². The lowest BCUT2D eigenvalue weighted by molar-refractivity contribution is -0.120. The number of hydrogen-bond acceptors (Lipinski definition) is 4. The predicted molar refractivity (Wildman–Crippen MR) is 76.2 cm³/mol. The number of nitrogens with one attached hydrogen (secondary N) is 2. The molecule has 1 aromatic carbocycles. The fourth-order valence-electron chi connectivity index (χ4n) is 2.26. The van der Waals surface area contributed by atoms with Crippen molar-refractivity contribution in [3.8, 4) is 6.07 Å². The maximum Gasteiger partial charge on any atom is 0.231 e. The Morgan fingerprint density at radius 3 is 3.00 bits per heavy atom. The Morgan fingerprint density at radius 1 is 1.45 bits per heavy atom. The minimum Gasteiger partial charge on any atom is -0.379 e. The van der Waals surface area contributed by atoms with Gasteiger partial charge in [-0.05, 0) is 25.1 Å². The SMILES string of the molecule is CCCNC1COCC1C(=O)Nc1ccccc1C#N. The highest BCUT2D eigenvalue weighted by atomic mass is 16.5. The van der Waals surface area contributed by atoms with E-state index in [0.29, 0.717) is 24.5 Å². The van der Waals surface area contributed by atoms with E-state index in [-0.39, 0.29) is 17.9 Å². The molecular formula is C15H19N3O2. The largest absolute Gasteiger partial charge is 0.379 e. The maximum absolute atomic E-state index is 12.3. The first-order valence-electron chi connectivity index (χ1n) is 6.87. The van der Waals surface area contributed by atoms with Crippen LogP contribution in [-0.2, 0) is 9.53 Å². The zero-order valence-corrected chi connectivity index (χ0v) is 11.6. The standard InChI is InChI=1S/C15H19N3O2/c1-2-7-17-14-10-20-9-12(14)15(19)18-13-6-4-3-5-11(13)8-16/h3-6,12,14,17H,2,7,9-10H2,1H3,(H,18,19). The van der Waals surface area contributed by atoms with Crippen LogP contribution in [0.5, 0.6) is 0 Å². The highest BCUT2D eigenvalue weighted by molar-refractivity contribution is 5.94. The molecule has 1 heterocycles. The van der Waals surface area contributed by atoms with Crippen molar-refractivity contribution in [1.82, 2.24) is 5.32 Å². The van der Waals surface area contributed by atoms with Crippen molar-refractivity contribution in [3.63, 3.8) is 0 Å². The molecule has 1 aromatic rings. The second kappa shape index (κ2) is 7.04. The summed E-state index contributed by atoms with van der Waals surface area (Å²) in [6, 6.07) is 9.12. The third-order valence-corrected chi connectivity index (χ3v) is 3.38. The summed E-state index contributed by atoms with van der Waals surface area (Å²) in [7, 11) is 0. The summed E-state index contributed by atoms with van der Waals surface area (Å²) in [5.41, 5.74) is 1.03. The van der Waals surface area contributed by atoms with E-state index in [1.807, 2.05) is 0 Å². The number of hydrogen-bond donors (Lipinski definition) is 2. The van der Waals surface area contributed by atoms with Crippen LogP contribution in [0.2, 0.25) is 0 Å². The first-order chi connectivity index (χ1) is 9.76. The van der Waals surface area contributed by atoms with Crippen LogP contribution in [0.4, 0.5) is 5.69 Å². The summed E-state index contributed by atoms with van der Waals surface area (Å²) in [4.78, 5) is 12.3. The van der Waals surface area contributed by atoms with Gasteiger partial charge in [0.2, 0.25) is 5.91 Å². The Balaban J connectivity index is 2.02. The number of benzene rings is 1. The van der Waals surface area contributed by atoms with Gasteiger partial charge < -0.3 is 15.4 Å². The van der Waals surface area contributed by atoms with E-state index in [4.69, 9.17) is 10.00 Å². The summed E-state index contributed by atoms with van der Waals surface area (Å²) < 4.78 is 5.39. The number of rotatable bonds is 5. The highest BCUT2D eigenvalue weighted by Gasteiger charge is 2.33. The minimum atomic E-state index is -0.215. The molecule has 2 rings (SSSR count). The van der Waals surface area contributed by atoms with Crippen molar-refractivity contribution < 1.29 is 9.53 Å². The van der Waals surface area contributed by atoms with E-state index in [0.717, 1.165) is 13.0 Å². The summed E-state index contributed by atoms with van der Waals surface area (Å²) >= 11 is 0. The van der Waals surface area contributed by atoms with Crippen LogP contribution in [-0.4, -0.2) is 31.7 Å². The Bertz CT molecular complexity index is 510. The van der Waals surface area contributed by atoms with Gasteiger partial charge >= 0.3 is 0 Å². The molecule has 0 aliphatic carbocycles. The van der Waals surface area contributed by atoms with Gasteiger partial charge in [0.15, 0.2) is 0 Å². The Labute approximate surface area is 118 Å². The number of carbonyl (C=O) groups excluding carboxylic acids is 1. The van der Waals surface area contributed by atoms with Gasteiger partial charge in [-0.1, -0.05) is 19.1 Å². The maximum atomic E-state index is 12.3. The molecule has 0 bridgehead atoms. The Morgan fingerprint density at radius 2 is 2.25 bits per heavy atom. The molecule has 1 fully saturated rings. The van der Waals surface area contributed by atoms with Crippen LogP contribution < -0.4 is 10.6 Å². The molecule has 2 N–H and O–H groups in total. The van der Waals surface area contributed by atoms with E-state index in [9.17, 15) is 4.79 Å². The molecule has 2 unspecified atom stereocenters. The van der Waals surface area contributed by atoms with Crippen LogP contribution in [0.25, 0.3) is 0 Å². The van der Waals surface area contributed by atoms with Gasteiger partial charge in [0.25, 0.3) is 0 Å². The minimum absolute atomic E-state index is 0.0456. The lowest BCUT2D eigenvalue weighted by atomic mass is 10.0. The molecule has 0 aromatic heterocycles. The average Bonchev–Trinajstić information content (AvgIpc) is 2.94. The Kier molecular flexibility index (Phi) is 5.10.